The van der Waals surface area contributed by atoms with Crippen LogP contribution in [0.15, 0.2) is 36.4 Å². The third-order valence-corrected chi connectivity index (χ3v) is 4.24. The molecule has 2 aromatic carbocycles. The van der Waals surface area contributed by atoms with Gasteiger partial charge in [-0.2, -0.15) is 26.2 Å². The Labute approximate surface area is 137 Å². The van der Waals surface area contributed by atoms with Gasteiger partial charge in [0.15, 0.2) is 0 Å². The van der Waals surface area contributed by atoms with Gasteiger partial charge in [-0.05, 0) is 11.5 Å². The van der Waals surface area contributed by atoms with Crippen molar-refractivity contribution in [2.75, 3.05) is 26.0 Å². The van der Waals surface area contributed by atoms with Crippen LogP contribution in [0.4, 0.5) is 24.5 Å². The summed E-state index contributed by atoms with van der Waals surface area (Å²) in [4.78, 5) is 1.85. The summed E-state index contributed by atoms with van der Waals surface area (Å²) in [5.41, 5.74) is -4.13. The van der Waals surface area contributed by atoms with E-state index in [0.717, 1.165) is 16.5 Å². The monoisotopic (exact) mass is 361 g/mol. The number of fused-ring (bicyclic) bond motifs is 1. The first-order chi connectivity index (χ1) is 11.0. The molecule has 0 bridgehead atoms. The first-order valence-corrected chi connectivity index (χ1v) is 8.20. The van der Waals surface area contributed by atoms with Crippen LogP contribution in [0.3, 0.4) is 0 Å². The van der Waals surface area contributed by atoms with Crippen molar-refractivity contribution in [3.8, 4) is 0 Å². The van der Waals surface area contributed by atoms with E-state index in [-0.39, 0.29) is 0 Å². The van der Waals surface area contributed by atoms with Crippen molar-refractivity contribution in [2.24, 2.45) is 0 Å². The number of benzene rings is 2. The summed E-state index contributed by atoms with van der Waals surface area (Å²) in [6.07, 6.45) is 0.532. The molecule has 0 unspecified atom stereocenters. The maximum Gasteiger partial charge on any atom is 0.534 e. The zero-order chi connectivity index (χ0) is 18.1. The predicted octanol–water partition coefficient (Wildman–Crippen LogP) is 3.07. The molecular weight excluding hydrogens is 345 g/mol. The fraction of sp³-hybridized carbons (Fsp3) is 0.267. The Kier molecular flexibility index (Phi) is 4.75. The lowest BCUT2D eigenvalue weighted by Crippen LogP contribution is -2.26. The molecule has 0 aliphatic heterocycles. The van der Waals surface area contributed by atoms with Crippen molar-refractivity contribution in [3.63, 3.8) is 0 Å². The first-order valence-electron chi connectivity index (χ1n) is 6.79. The Morgan fingerprint density at radius 3 is 2.25 bits per heavy atom. The van der Waals surface area contributed by atoms with Crippen molar-refractivity contribution < 1.29 is 30.3 Å². The molecule has 0 spiro atoms. The van der Waals surface area contributed by atoms with Gasteiger partial charge in [-0.15, -0.1) is 0 Å². The van der Waals surface area contributed by atoms with E-state index < -0.39 is 15.6 Å². The summed E-state index contributed by atoms with van der Waals surface area (Å²) in [6.45, 7) is 0. The zero-order valence-electron chi connectivity index (χ0n) is 13.2. The van der Waals surface area contributed by atoms with E-state index in [4.69, 9.17) is 0 Å². The molecule has 0 heterocycles. The van der Waals surface area contributed by atoms with Crippen molar-refractivity contribution in [1.82, 2.24) is 0 Å². The van der Waals surface area contributed by atoms with Gasteiger partial charge in [-0.1, -0.05) is 24.3 Å². The maximum absolute atomic E-state index is 12.4. The molecule has 0 amide bonds. The average molecular weight is 361 g/mol. The minimum Gasteiger partial charge on any atom is -0.377 e. The second kappa shape index (κ2) is 6.31. The second-order valence-electron chi connectivity index (χ2n) is 5.26. The molecule has 0 saturated carbocycles. The first kappa shape index (κ1) is 18.1. The van der Waals surface area contributed by atoms with Gasteiger partial charge in [-0.25, -0.2) is 0 Å². The highest BCUT2D eigenvalue weighted by molar-refractivity contribution is 7.87. The number of alkyl halides is 3. The standard InChI is InChI=1S/C15H16F3N2O3S/c1-19(2)12-8-4-6-11-7-5-9-13(14(11)12)20(3)10-23-24(21,22)15(16,17)18/h4-10H,1-3H3/q+1. The van der Waals surface area contributed by atoms with Gasteiger partial charge in [0, 0.05) is 20.2 Å². The Balaban J connectivity index is 2.55. The normalized spacial score (nSPS) is 13.2. The highest BCUT2D eigenvalue weighted by atomic mass is 32.2. The Morgan fingerprint density at radius 1 is 1.12 bits per heavy atom. The summed E-state index contributed by atoms with van der Waals surface area (Å²) < 4.78 is 64.3. The SMILES string of the molecule is CN(C)c1cccc2cccc([N+](C)=COS(=O)(=O)C(F)(F)F)c12. The summed E-state index contributed by atoms with van der Waals surface area (Å²) in [6, 6.07) is 10.8. The Hall–Kier alpha value is -2.29. The van der Waals surface area contributed by atoms with Gasteiger partial charge in [0.2, 0.25) is 5.69 Å². The third kappa shape index (κ3) is 3.45. The largest absolute Gasteiger partial charge is 0.534 e. The molecule has 24 heavy (non-hydrogen) atoms. The predicted molar refractivity (Wildman–Crippen MR) is 86.2 cm³/mol. The van der Waals surface area contributed by atoms with Crippen LogP contribution >= 0.6 is 0 Å². The molecule has 0 aliphatic carbocycles. The maximum atomic E-state index is 12.4. The van der Waals surface area contributed by atoms with Crippen molar-refractivity contribution in [1.29, 1.82) is 0 Å². The molecule has 0 saturated heterocycles. The molecule has 0 N–H and O–H groups in total. The van der Waals surface area contributed by atoms with Crippen LogP contribution in [0.2, 0.25) is 0 Å². The number of hydrogen-bond donors (Lipinski definition) is 0. The molecule has 130 valence electrons. The van der Waals surface area contributed by atoms with Crippen LogP contribution in [0.25, 0.3) is 10.8 Å². The second-order valence-corrected chi connectivity index (χ2v) is 6.82. The lowest BCUT2D eigenvalue weighted by atomic mass is 10.1. The van der Waals surface area contributed by atoms with E-state index in [1.165, 1.54) is 11.6 Å². The molecule has 0 fully saturated rings. The molecule has 0 aromatic heterocycles. The Morgan fingerprint density at radius 2 is 1.71 bits per heavy atom. The van der Waals surface area contributed by atoms with E-state index in [1.807, 2.05) is 43.3 Å². The summed E-state index contributed by atoms with van der Waals surface area (Å²) in [7, 11) is -0.612. The lowest BCUT2D eigenvalue weighted by molar-refractivity contribution is -0.405. The van der Waals surface area contributed by atoms with E-state index in [2.05, 4.69) is 4.18 Å². The zero-order valence-corrected chi connectivity index (χ0v) is 14.0. The van der Waals surface area contributed by atoms with Crippen molar-refractivity contribution >= 4 is 38.7 Å². The van der Waals surface area contributed by atoms with Crippen molar-refractivity contribution in [2.45, 2.75) is 5.51 Å². The smallest absolute Gasteiger partial charge is 0.377 e. The number of halogens is 3. The highest BCUT2D eigenvalue weighted by Gasteiger charge is 2.48. The number of hydrogen-bond acceptors (Lipinski definition) is 4. The quantitative estimate of drug-likeness (QED) is 0.276. The number of nitrogens with zero attached hydrogens (tertiary/aromatic N) is 2. The van der Waals surface area contributed by atoms with Crippen LogP contribution in [-0.4, -0.2) is 46.0 Å². The molecule has 9 heteroatoms. The third-order valence-electron chi connectivity index (χ3n) is 3.33. The molecule has 2 rings (SSSR count). The summed E-state index contributed by atoms with van der Waals surface area (Å²) in [5, 5.41) is 1.62. The summed E-state index contributed by atoms with van der Waals surface area (Å²) in [5.74, 6) is 0. The van der Waals surface area contributed by atoms with Crippen LogP contribution < -0.4 is 4.90 Å². The van der Waals surface area contributed by atoms with Gasteiger partial charge in [0.25, 0.3) is 0 Å². The van der Waals surface area contributed by atoms with Crippen LogP contribution in [0, 0.1) is 0 Å². The van der Waals surface area contributed by atoms with E-state index in [9.17, 15) is 21.6 Å². The molecular formula is C15H16F3N2O3S+. The summed E-state index contributed by atoms with van der Waals surface area (Å²) >= 11 is 0. The number of anilines is 1. The van der Waals surface area contributed by atoms with Crippen LogP contribution in [0.5, 0.6) is 0 Å². The molecule has 5 nitrogen and oxygen atoms in total. The van der Waals surface area contributed by atoms with Gasteiger partial charge in [0.05, 0.1) is 11.1 Å². The number of rotatable bonds is 4. The molecule has 2 aromatic rings. The highest BCUT2D eigenvalue weighted by Crippen LogP contribution is 2.33. The lowest BCUT2D eigenvalue weighted by Gasteiger charge is -2.16. The molecule has 0 aliphatic rings. The van der Waals surface area contributed by atoms with Gasteiger partial charge in [-0.3, -0.25) is 0 Å². The van der Waals surface area contributed by atoms with Crippen molar-refractivity contribution in [3.05, 3.63) is 36.4 Å². The van der Waals surface area contributed by atoms with E-state index in [1.54, 1.807) is 12.1 Å². The van der Waals surface area contributed by atoms with E-state index in [0.29, 0.717) is 12.1 Å². The van der Waals surface area contributed by atoms with Gasteiger partial charge < -0.3 is 9.08 Å². The fourth-order valence-corrected chi connectivity index (χ4v) is 2.55. The van der Waals surface area contributed by atoms with Gasteiger partial charge in [0.1, 0.15) is 7.05 Å². The van der Waals surface area contributed by atoms with E-state index >= 15 is 0 Å². The minimum atomic E-state index is -5.69. The van der Waals surface area contributed by atoms with Crippen LogP contribution in [0.1, 0.15) is 0 Å². The van der Waals surface area contributed by atoms with Crippen LogP contribution in [-0.2, 0) is 14.3 Å². The van der Waals surface area contributed by atoms with Gasteiger partial charge >= 0.3 is 22.0 Å². The topological polar surface area (TPSA) is 49.6 Å². The fourth-order valence-electron chi connectivity index (χ4n) is 2.20. The molecule has 0 radical (unpaired) electrons. The Bertz CT molecular complexity index is 885. The molecule has 0 atom stereocenters. The minimum absolute atomic E-state index is 0.508. The average Bonchev–Trinajstić information content (AvgIpc) is 2.50.